The molecule has 1 aromatic carbocycles. The summed E-state index contributed by atoms with van der Waals surface area (Å²) < 4.78 is 0.900. The average Bonchev–Trinajstić information content (AvgIpc) is 2.37. The molecule has 1 fully saturated rings. The molecule has 0 aliphatic heterocycles. The smallest absolute Gasteiger partial charge is 0.252 e. The molecule has 0 saturated heterocycles. The molecule has 0 bridgehead atoms. The number of halogens is 1. The Balaban J connectivity index is 1.93. The summed E-state index contributed by atoms with van der Waals surface area (Å²) in [6.45, 7) is 0.531. The van der Waals surface area contributed by atoms with E-state index in [0.29, 0.717) is 17.0 Å². The van der Waals surface area contributed by atoms with Crippen LogP contribution >= 0.6 is 28.6 Å². The van der Waals surface area contributed by atoms with E-state index >= 15 is 0 Å². The molecule has 5 heteroatoms. The maximum Gasteiger partial charge on any atom is 0.252 e. The van der Waals surface area contributed by atoms with Crippen molar-refractivity contribution in [3.63, 3.8) is 0 Å². The number of benzene rings is 1. The third-order valence-corrected chi connectivity index (χ3v) is 4.46. The summed E-state index contributed by atoms with van der Waals surface area (Å²) in [5, 5.41) is 12.8. The van der Waals surface area contributed by atoms with Gasteiger partial charge in [-0.15, -0.1) is 12.6 Å². The molecule has 0 heterocycles. The van der Waals surface area contributed by atoms with Crippen LogP contribution in [0.25, 0.3) is 0 Å². The molecule has 2 N–H and O–H groups in total. The predicted octanol–water partition coefficient (Wildman–Crippen LogP) is 3.02. The van der Waals surface area contributed by atoms with Crippen LogP contribution in [-0.2, 0) is 0 Å². The van der Waals surface area contributed by atoms with E-state index < -0.39 is 0 Å². The van der Waals surface area contributed by atoms with Crippen molar-refractivity contribution in [2.75, 3.05) is 6.54 Å². The van der Waals surface area contributed by atoms with Gasteiger partial charge in [0.05, 0.1) is 11.7 Å². The number of carbonyl (C=O) groups is 1. The van der Waals surface area contributed by atoms with Crippen molar-refractivity contribution < 1.29 is 9.90 Å². The Bertz CT molecular complexity index is 467. The fraction of sp³-hybridized carbons (Fsp3) is 0.500. The van der Waals surface area contributed by atoms with Gasteiger partial charge in [0.15, 0.2) is 0 Å². The first-order valence-corrected chi connectivity index (χ1v) is 7.76. The zero-order chi connectivity index (χ0) is 13.8. The molecule has 2 unspecified atom stereocenters. The summed E-state index contributed by atoms with van der Waals surface area (Å²) >= 11 is 7.65. The van der Waals surface area contributed by atoms with Gasteiger partial charge in [0.25, 0.3) is 5.91 Å². The fourth-order valence-corrected chi connectivity index (χ4v) is 3.30. The van der Waals surface area contributed by atoms with E-state index in [1.54, 1.807) is 12.1 Å². The summed E-state index contributed by atoms with van der Waals surface area (Å²) in [4.78, 5) is 12.7. The van der Waals surface area contributed by atoms with Gasteiger partial charge >= 0.3 is 0 Å². The molecule has 1 aliphatic carbocycles. The first-order valence-electron chi connectivity index (χ1n) is 6.52. The minimum absolute atomic E-state index is 0.129. The molecule has 1 aliphatic rings. The Labute approximate surface area is 127 Å². The lowest BCUT2D eigenvalue weighted by Crippen LogP contribution is -2.36. The molecule has 2 atom stereocenters. The molecule has 104 valence electrons. The van der Waals surface area contributed by atoms with Crippen LogP contribution in [0.2, 0.25) is 0 Å². The van der Waals surface area contributed by atoms with E-state index in [1.807, 2.05) is 6.07 Å². The lowest BCUT2D eigenvalue weighted by atomic mass is 9.86. The second kappa shape index (κ2) is 6.77. The highest BCUT2D eigenvalue weighted by atomic mass is 79.9. The summed E-state index contributed by atoms with van der Waals surface area (Å²) in [6.07, 6.45) is 3.76. The van der Waals surface area contributed by atoms with E-state index in [9.17, 15) is 9.90 Å². The average molecular weight is 344 g/mol. The number of thiol groups is 1. The van der Waals surface area contributed by atoms with E-state index in [4.69, 9.17) is 0 Å². The third kappa shape index (κ3) is 3.97. The van der Waals surface area contributed by atoms with Gasteiger partial charge in [-0.25, -0.2) is 0 Å². The van der Waals surface area contributed by atoms with E-state index in [-0.39, 0.29) is 17.9 Å². The predicted molar refractivity (Wildman–Crippen MR) is 81.7 cm³/mol. The lowest BCUT2D eigenvalue weighted by Gasteiger charge is -2.27. The Kier molecular flexibility index (Phi) is 5.30. The third-order valence-electron chi connectivity index (χ3n) is 3.60. The summed E-state index contributed by atoms with van der Waals surface area (Å²) in [5.74, 6) is 0.0480. The standard InChI is InChI=1S/C14H18BrNO2S/c15-10-5-6-11(13(19)7-10)14(18)16-8-9-3-1-2-4-12(9)17/h5-7,9,12,17,19H,1-4,8H2,(H,16,18). The number of hydrogen-bond acceptors (Lipinski definition) is 3. The van der Waals surface area contributed by atoms with Gasteiger partial charge < -0.3 is 10.4 Å². The van der Waals surface area contributed by atoms with Crippen LogP contribution < -0.4 is 5.32 Å². The number of hydrogen-bond donors (Lipinski definition) is 3. The number of nitrogens with one attached hydrogen (secondary N) is 1. The second-order valence-electron chi connectivity index (χ2n) is 4.98. The molecular formula is C14H18BrNO2S. The van der Waals surface area contributed by atoms with Crippen LogP contribution in [-0.4, -0.2) is 23.7 Å². The van der Waals surface area contributed by atoms with Gasteiger partial charge in [0, 0.05) is 21.8 Å². The molecule has 0 spiro atoms. The minimum atomic E-state index is -0.283. The van der Waals surface area contributed by atoms with Crippen molar-refractivity contribution >= 4 is 34.5 Å². The Morgan fingerprint density at radius 1 is 1.42 bits per heavy atom. The number of rotatable bonds is 3. The van der Waals surface area contributed by atoms with Crippen LogP contribution in [0.3, 0.4) is 0 Å². The number of carbonyl (C=O) groups excluding carboxylic acids is 1. The molecule has 1 aromatic rings. The highest BCUT2D eigenvalue weighted by molar-refractivity contribution is 9.10. The first-order chi connectivity index (χ1) is 9.08. The highest BCUT2D eigenvalue weighted by Gasteiger charge is 2.23. The molecular weight excluding hydrogens is 326 g/mol. The first kappa shape index (κ1) is 14.9. The Hall–Kier alpha value is -0.520. The highest BCUT2D eigenvalue weighted by Crippen LogP contribution is 2.24. The van der Waals surface area contributed by atoms with Crippen molar-refractivity contribution in [2.45, 2.75) is 36.7 Å². The quantitative estimate of drug-likeness (QED) is 0.739. The van der Waals surface area contributed by atoms with Crippen molar-refractivity contribution in [2.24, 2.45) is 5.92 Å². The normalized spacial score (nSPS) is 23.1. The van der Waals surface area contributed by atoms with E-state index in [0.717, 1.165) is 30.2 Å². The maximum atomic E-state index is 12.1. The molecule has 1 saturated carbocycles. The maximum absolute atomic E-state index is 12.1. The summed E-state index contributed by atoms with van der Waals surface area (Å²) in [6, 6.07) is 5.37. The number of aliphatic hydroxyl groups excluding tert-OH is 1. The van der Waals surface area contributed by atoms with Crippen LogP contribution in [0, 0.1) is 5.92 Å². The largest absolute Gasteiger partial charge is 0.393 e. The summed E-state index contributed by atoms with van der Waals surface area (Å²) in [5.41, 5.74) is 0.567. The van der Waals surface area contributed by atoms with Crippen molar-refractivity contribution in [3.8, 4) is 0 Å². The minimum Gasteiger partial charge on any atom is -0.393 e. The van der Waals surface area contributed by atoms with E-state index in [1.165, 1.54) is 0 Å². The zero-order valence-electron chi connectivity index (χ0n) is 10.6. The van der Waals surface area contributed by atoms with Gasteiger partial charge in [0.2, 0.25) is 0 Å². The Morgan fingerprint density at radius 3 is 2.84 bits per heavy atom. The molecule has 2 rings (SSSR count). The van der Waals surface area contributed by atoms with Gasteiger partial charge in [0.1, 0.15) is 0 Å². The van der Waals surface area contributed by atoms with Crippen LogP contribution in [0.15, 0.2) is 27.6 Å². The summed E-state index contributed by atoms with van der Waals surface area (Å²) in [7, 11) is 0. The van der Waals surface area contributed by atoms with Gasteiger partial charge in [-0.05, 0) is 31.0 Å². The molecule has 0 aromatic heterocycles. The number of aliphatic hydroxyl groups is 1. The van der Waals surface area contributed by atoms with Crippen LogP contribution in [0.1, 0.15) is 36.0 Å². The van der Waals surface area contributed by atoms with Gasteiger partial charge in [-0.1, -0.05) is 28.8 Å². The molecule has 1 amide bonds. The molecule has 3 nitrogen and oxygen atoms in total. The van der Waals surface area contributed by atoms with Crippen LogP contribution in [0.4, 0.5) is 0 Å². The van der Waals surface area contributed by atoms with Gasteiger partial charge in [-0.3, -0.25) is 4.79 Å². The zero-order valence-corrected chi connectivity index (χ0v) is 13.1. The van der Waals surface area contributed by atoms with Crippen molar-refractivity contribution in [1.82, 2.24) is 5.32 Å². The second-order valence-corrected chi connectivity index (χ2v) is 6.38. The lowest BCUT2D eigenvalue weighted by molar-refractivity contribution is 0.0662. The fourth-order valence-electron chi connectivity index (χ4n) is 2.44. The van der Waals surface area contributed by atoms with Gasteiger partial charge in [-0.2, -0.15) is 0 Å². The molecule has 0 radical (unpaired) electrons. The molecule has 19 heavy (non-hydrogen) atoms. The number of amides is 1. The monoisotopic (exact) mass is 343 g/mol. The Morgan fingerprint density at radius 2 is 2.16 bits per heavy atom. The topological polar surface area (TPSA) is 49.3 Å². The van der Waals surface area contributed by atoms with Crippen molar-refractivity contribution in [3.05, 3.63) is 28.2 Å². The van der Waals surface area contributed by atoms with Crippen molar-refractivity contribution in [1.29, 1.82) is 0 Å². The SMILES string of the molecule is O=C(NCC1CCCCC1O)c1ccc(Br)cc1S. The van der Waals surface area contributed by atoms with E-state index in [2.05, 4.69) is 33.9 Å². The van der Waals surface area contributed by atoms with Crippen LogP contribution in [0.5, 0.6) is 0 Å².